The maximum Gasteiger partial charge on any atom is 0.186 e. The molecule has 4 unspecified atom stereocenters. The van der Waals surface area contributed by atoms with Crippen LogP contribution in [0.15, 0.2) is 0 Å². The molecule has 1 rings (SSSR count). The van der Waals surface area contributed by atoms with Gasteiger partial charge in [0.2, 0.25) is 0 Å². The Morgan fingerprint density at radius 3 is 2.33 bits per heavy atom. The molecule has 0 aliphatic carbocycles. The molecule has 90 valence electrons. The van der Waals surface area contributed by atoms with Crippen LogP contribution < -0.4 is 0 Å². The third-order valence-electron chi connectivity index (χ3n) is 2.22. The smallest absolute Gasteiger partial charge is 0.186 e. The summed E-state index contributed by atoms with van der Waals surface area (Å²) in [5.74, 6) is 0.440. The monoisotopic (exact) mass is 240 g/mol. The summed E-state index contributed by atoms with van der Waals surface area (Å²) in [5, 5.41) is 37.2. The molecule has 1 aliphatic rings. The van der Waals surface area contributed by atoms with Crippen LogP contribution in [0.5, 0.6) is 0 Å². The van der Waals surface area contributed by atoms with Crippen molar-refractivity contribution in [2.24, 2.45) is 0 Å². The van der Waals surface area contributed by atoms with E-state index in [-0.39, 0.29) is 6.61 Å². The summed E-state index contributed by atoms with van der Waals surface area (Å²) in [7, 11) is 0. The highest BCUT2D eigenvalue weighted by molar-refractivity contribution is 7.80. The molecule has 0 radical (unpaired) electrons. The average Bonchev–Trinajstić information content (AvgIpc) is 2.25. The van der Waals surface area contributed by atoms with Crippen molar-refractivity contribution in [3.63, 3.8) is 0 Å². The fourth-order valence-corrected chi connectivity index (χ4v) is 1.48. The Hall–Kier alpha value is 0.110. The lowest BCUT2D eigenvalue weighted by Crippen LogP contribution is -2.59. The largest absolute Gasteiger partial charge is 0.394 e. The summed E-state index contributed by atoms with van der Waals surface area (Å²) in [5.41, 5.74) is 0. The molecule has 1 aliphatic heterocycles. The van der Waals surface area contributed by atoms with E-state index in [1.807, 2.05) is 0 Å². The quantitative estimate of drug-likeness (QED) is 0.355. The van der Waals surface area contributed by atoms with Gasteiger partial charge in [-0.05, 0) is 0 Å². The maximum absolute atomic E-state index is 9.48. The minimum Gasteiger partial charge on any atom is -0.394 e. The van der Waals surface area contributed by atoms with Crippen molar-refractivity contribution in [1.82, 2.24) is 0 Å². The van der Waals surface area contributed by atoms with Crippen molar-refractivity contribution in [2.75, 3.05) is 19.0 Å². The van der Waals surface area contributed by atoms with Gasteiger partial charge < -0.3 is 29.9 Å². The molecule has 1 fully saturated rings. The van der Waals surface area contributed by atoms with E-state index in [1.165, 1.54) is 0 Å². The van der Waals surface area contributed by atoms with Gasteiger partial charge in [-0.2, -0.15) is 12.6 Å². The Morgan fingerprint density at radius 2 is 1.80 bits per heavy atom. The second-order valence-corrected chi connectivity index (χ2v) is 3.74. The Kier molecular flexibility index (Phi) is 5.27. The molecule has 4 N–H and O–H groups in total. The summed E-state index contributed by atoms with van der Waals surface area (Å²) in [4.78, 5) is 0. The van der Waals surface area contributed by atoms with Gasteiger partial charge in [0, 0.05) is 5.75 Å². The number of aliphatic hydroxyl groups excluding tert-OH is 4. The summed E-state index contributed by atoms with van der Waals surface area (Å²) in [6.45, 7) is -0.211. The molecule has 0 spiro atoms. The second kappa shape index (κ2) is 6.00. The van der Waals surface area contributed by atoms with E-state index < -0.39 is 37.3 Å². The van der Waals surface area contributed by atoms with E-state index in [0.29, 0.717) is 5.75 Å². The maximum atomic E-state index is 9.48. The molecule has 1 heterocycles. The van der Waals surface area contributed by atoms with Crippen LogP contribution in [0, 0.1) is 0 Å². The van der Waals surface area contributed by atoms with Gasteiger partial charge in [-0.25, -0.2) is 0 Å². The molecule has 0 aromatic heterocycles. The molecular weight excluding hydrogens is 224 g/mol. The first-order valence-corrected chi connectivity index (χ1v) is 5.28. The topological polar surface area (TPSA) is 99.4 Å². The van der Waals surface area contributed by atoms with E-state index >= 15 is 0 Å². The highest BCUT2D eigenvalue weighted by Gasteiger charge is 2.43. The van der Waals surface area contributed by atoms with Gasteiger partial charge in [-0.1, -0.05) is 0 Å². The average molecular weight is 240 g/mol. The molecule has 6 nitrogen and oxygen atoms in total. The fraction of sp³-hybridized carbons (Fsp3) is 1.00. The highest BCUT2D eigenvalue weighted by atomic mass is 32.1. The van der Waals surface area contributed by atoms with Crippen LogP contribution in [0.2, 0.25) is 0 Å². The normalized spacial score (nSPS) is 41.8. The number of hydrogen-bond donors (Lipinski definition) is 5. The molecule has 0 aromatic carbocycles. The lowest BCUT2D eigenvalue weighted by Gasteiger charge is -2.39. The van der Waals surface area contributed by atoms with Gasteiger partial charge in [0.25, 0.3) is 0 Å². The molecule has 0 bridgehead atoms. The minimum atomic E-state index is -1.39. The van der Waals surface area contributed by atoms with Crippen molar-refractivity contribution < 1.29 is 29.9 Å². The lowest BCUT2D eigenvalue weighted by atomic mass is 9.99. The molecule has 0 aromatic rings. The second-order valence-electron chi connectivity index (χ2n) is 3.29. The molecule has 0 amide bonds. The van der Waals surface area contributed by atoms with Gasteiger partial charge in [-0.3, -0.25) is 0 Å². The van der Waals surface area contributed by atoms with Crippen LogP contribution >= 0.6 is 12.6 Å². The molecule has 7 heteroatoms. The fourth-order valence-electron chi connectivity index (χ4n) is 1.37. The van der Waals surface area contributed by atoms with Crippen molar-refractivity contribution in [3.8, 4) is 0 Å². The molecular formula is C8H16O6S. The summed E-state index contributed by atoms with van der Waals surface area (Å²) in [6, 6.07) is 0. The minimum absolute atomic E-state index is 0.242. The molecule has 15 heavy (non-hydrogen) atoms. The highest BCUT2D eigenvalue weighted by Crippen LogP contribution is 2.21. The van der Waals surface area contributed by atoms with E-state index in [9.17, 15) is 15.3 Å². The third-order valence-corrected chi connectivity index (χ3v) is 2.40. The third kappa shape index (κ3) is 3.04. The van der Waals surface area contributed by atoms with Gasteiger partial charge in [0.05, 0.1) is 13.2 Å². The zero-order valence-electron chi connectivity index (χ0n) is 8.06. The first kappa shape index (κ1) is 13.2. The van der Waals surface area contributed by atoms with Crippen molar-refractivity contribution in [2.45, 2.75) is 30.7 Å². The standard InChI is InChI=1S/C8H16O6S/c9-3-4-5(10)6(11)7(12)8(14-4)13-1-2-15/h4-12,15H,1-3H2/t4?,5-,6?,7?,8?/m1/s1. The van der Waals surface area contributed by atoms with Crippen LogP contribution in [-0.4, -0.2) is 70.1 Å². The van der Waals surface area contributed by atoms with Crippen LogP contribution in [-0.2, 0) is 9.47 Å². The number of aliphatic hydroxyl groups is 4. The zero-order chi connectivity index (χ0) is 11.4. The summed E-state index contributed by atoms with van der Waals surface area (Å²) < 4.78 is 10.1. The van der Waals surface area contributed by atoms with Crippen LogP contribution in [0.25, 0.3) is 0 Å². The Balaban J connectivity index is 2.57. The van der Waals surface area contributed by atoms with Crippen molar-refractivity contribution in [3.05, 3.63) is 0 Å². The van der Waals surface area contributed by atoms with Crippen molar-refractivity contribution in [1.29, 1.82) is 0 Å². The predicted octanol–water partition coefficient (Wildman–Crippen LogP) is -2.27. The Bertz CT molecular complexity index is 190. The summed E-state index contributed by atoms with van der Waals surface area (Å²) in [6.07, 6.45) is -6.04. The Morgan fingerprint density at radius 1 is 1.13 bits per heavy atom. The predicted molar refractivity (Wildman–Crippen MR) is 53.6 cm³/mol. The van der Waals surface area contributed by atoms with Gasteiger partial charge in [0.15, 0.2) is 6.29 Å². The number of hydrogen-bond acceptors (Lipinski definition) is 7. The van der Waals surface area contributed by atoms with Gasteiger partial charge in [0.1, 0.15) is 24.4 Å². The zero-order valence-corrected chi connectivity index (χ0v) is 8.96. The van der Waals surface area contributed by atoms with E-state index in [2.05, 4.69) is 12.6 Å². The first-order chi connectivity index (χ1) is 7.11. The summed E-state index contributed by atoms with van der Waals surface area (Å²) >= 11 is 3.91. The van der Waals surface area contributed by atoms with E-state index in [4.69, 9.17) is 14.6 Å². The first-order valence-electron chi connectivity index (χ1n) is 4.64. The van der Waals surface area contributed by atoms with E-state index in [0.717, 1.165) is 0 Å². The number of rotatable bonds is 4. The molecule has 0 saturated carbocycles. The molecule has 5 atom stereocenters. The molecule has 1 saturated heterocycles. The van der Waals surface area contributed by atoms with Crippen LogP contribution in [0.4, 0.5) is 0 Å². The van der Waals surface area contributed by atoms with E-state index in [1.54, 1.807) is 0 Å². The SMILES string of the molecule is OCC1OC(OCCS)C(O)C(O)[C@@H]1O. The Labute approximate surface area is 92.8 Å². The number of ether oxygens (including phenoxy) is 2. The van der Waals surface area contributed by atoms with Crippen LogP contribution in [0.3, 0.4) is 0 Å². The van der Waals surface area contributed by atoms with Crippen molar-refractivity contribution >= 4 is 12.6 Å². The van der Waals surface area contributed by atoms with Crippen LogP contribution in [0.1, 0.15) is 0 Å². The van der Waals surface area contributed by atoms with Gasteiger partial charge >= 0.3 is 0 Å². The lowest BCUT2D eigenvalue weighted by molar-refractivity contribution is -0.299. The number of thiol groups is 1. The van der Waals surface area contributed by atoms with Gasteiger partial charge in [-0.15, -0.1) is 0 Å².